The van der Waals surface area contributed by atoms with Crippen molar-refractivity contribution in [2.75, 3.05) is 13.2 Å². The lowest BCUT2D eigenvalue weighted by Crippen LogP contribution is -2.40. The first-order valence-electron chi connectivity index (χ1n) is 8.96. The first-order valence-corrected chi connectivity index (χ1v) is 10.7. The minimum absolute atomic E-state index is 0.107. The van der Waals surface area contributed by atoms with E-state index in [1.165, 1.54) is 0 Å². The van der Waals surface area contributed by atoms with Crippen molar-refractivity contribution in [1.29, 1.82) is 0 Å². The molecule has 1 atom stereocenters. The van der Waals surface area contributed by atoms with E-state index in [-0.39, 0.29) is 19.4 Å². The maximum atomic E-state index is 12.6. The van der Waals surface area contributed by atoms with Gasteiger partial charge in [-0.15, -0.1) is 6.58 Å². The molecule has 0 heterocycles. The Hall–Kier alpha value is -1.95. The number of allylic oxidation sites excluding steroid dienone is 1. The topological polar surface area (TPSA) is 102 Å². The van der Waals surface area contributed by atoms with E-state index in [1.807, 2.05) is 0 Å². The Balaban J connectivity index is 2.76. The van der Waals surface area contributed by atoms with E-state index < -0.39 is 25.5 Å². The predicted molar refractivity (Wildman–Crippen MR) is 104 cm³/mol. The van der Waals surface area contributed by atoms with Crippen LogP contribution < -0.4 is 5.32 Å². The van der Waals surface area contributed by atoms with Crippen molar-refractivity contribution in [2.24, 2.45) is 0 Å². The normalized spacial score (nSPS) is 12.4. The van der Waals surface area contributed by atoms with E-state index >= 15 is 0 Å². The molecular formula is C19H28NO6P. The third-order valence-electron chi connectivity index (χ3n) is 3.75. The molecular weight excluding hydrogens is 369 g/mol. The third kappa shape index (κ3) is 8.08. The van der Waals surface area contributed by atoms with Crippen molar-refractivity contribution in [2.45, 2.75) is 45.3 Å². The van der Waals surface area contributed by atoms with Gasteiger partial charge < -0.3 is 19.5 Å². The minimum atomic E-state index is -3.22. The van der Waals surface area contributed by atoms with E-state index in [0.717, 1.165) is 0 Å². The highest BCUT2D eigenvalue weighted by Crippen LogP contribution is 2.51. The summed E-state index contributed by atoms with van der Waals surface area (Å²) in [6.45, 7) is 7.64. The number of hydrogen-bond acceptors (Lipinski definition) is 5. The maximum Gasteiger partial charge on any atom is 0.335 e. The summed E-state index contributed by atoms with van der Waals surface area (Å²) in [5.74, 6) is -1.54. The number of benzene rings is 1. The van der Waals surface area contributed by atoms with Crippen LogP contribution in [-0.4, -0.2) is 36.2 Å². The van der Waals surface area contributed by atoms with Crippen molar-refractivity contribution < 1.29 is 28.3 Å². The van der Waals surface area contributed by atoms with E-state index in [4.69, 9.17) is 9.05 Å². The van der Waals surface area contributed by atoms with Crippen LogP contribution in [0, 0.1) is 0 Å². The summed E-state index contributed by atoms with van der Waals surface area (Å²) in [7, 11) is -3.22. The quantitative estimate of drug-likeness (QED) is 0.296. The van der Waals surface area contributed by atoms with Gasteiger partial charge in [-0.2, -0.15) is 0 Å². The molecule has 0 aliphatic rings. The van der Waals surface area contributed by atoms with E-state index in [0.29, 0.717) is 30.4 Å². The molecule has 0 aliphatic carbocycles. The van der Waals surface area contributed by atoms with Gasteiger partial charge in [-0.25, -0.2) is 4.79 Å². The Morgan fingerprint density at radius 3 is 2.30 bits per heavy atom. The van der Waals surface area contributed by atoms with Crippen LogP contribution in [0.1, 0.15) is 49.0 Å². The maximum absolute atomic E-state index is 12.6. The van der Waals surface area contributed by atoms with Crippen LogP contribution in [0.5, 0.6) is 0 Å². The third-order valence-corrected chi connectivity index (χ3v) is 5.80. The van der Waals surface area contributed by atoms with Crippen molar-refractivity contribution in [3.8, 4) is 0 Å². The molecule has 27 heavy (non-hydrogen) atoms. The summed E-state index contributed by atoms with van der Waals surface area (Å²) >= 11 is 0. The van der Waals surface area contributed by atoms with Crippen LogP contribution >= 0.6 is 7.60 Å². The Kier molecular flexibility index (Phi) is 10.0. The molecule has 1 amide bonds. The predicted octanol–water partition coefficient (Wildman–Crippen LogP) is 3.99. The summed E-state index contributed by atoms with van der Waals surface area (Å²) in [6, 6.07) is 5.50. The SMILES string of the molecule is C=CCCC[C@@H](NC(=O)c1ccc(CP(=O)(OCC)OCC)cc1)C(=O)O. The highest BCUT2D eigenvalue weighted by atomic mass is 31.2. The zero-order valence-corrected chi connectivity index (χ0v) is 16.7. The second-order valence-electron chi connectivity index (χ2n) is 5.89. The number of rotatable bonds is 13. The van der Waals surface area contributed by atoms with Gasteiger partial charge in [0.2, 0.25) is 0 Å². The minimum Gasteiger partial charge on any atom is -0.480 e. The largest absolute Gasteiger partial charge is 0.480 e. The molecule has 7 nitrogen and oxygen atoms in total. The number of unbranched alkanes of at least 4 members (excludes halogenated alkanes) is 1. The van der Waals surface area contributed by atoms with Crippen LogP contribution in [0.3, 0.4) is 0 Å². The molecule has 1 rings (SSSR count). The van der Waals surface area contributed by atoms with Crippen LogP contribution in [0.2, 0.25) is 0 Å². The van der Waals surface area contributed by atoms with Crippen molar-refractivity contribution >= 4 is 19.5 Å². The molecule has 8 heteroatoms. The van der Waals surface area contributed by atoms with Gasteiger partial charge >= 0.3 is 13.6 Å². The Morgan fingerprint density at radius 2 is 1.81 bits per heavy atom. The summed E-state index contributed by atoms with van der Waals surface area (Å²) < 4.78 is 23.1. The lowest BCUT2D eigenvalue weighted by molar-refractivity contribution is -0.139. The fourth-order valence-corrected chi connectivity index (χ4v) is 4.17. The van der Waals surface area contributed by atoms with Gasteiger partial charge in [0.25, 0.3) is 5.91 Å². The number of aliphatic carboxylic acids is 1. The monoisotopic (exact) mass is 397 g/mol. The second-order valence-corrected chi connectivity index (χ2v) is 7.94. The van der Waals surface area contributed by atoms with Crippen LogP contribution in [-0.2, 0) is 24.6 Å². The molecule has 0 aromatic heterocycles. The summed E-state index contributed by atoms with van der Waals surface area (Å²) in [6.07, 6.45) is 3.47. The lowest BCUT2D eigenvalue weighted by atomic mass is 10.1. The van der Waals surface area contributed by atoms with Gasteiger partial charge in [0.05, 0.1) is 19.4 Å². The van der Waals surface area contributed by atoms with Crippen molar-refractivity contribution in [1.82, 2.24) is 5.32 Å². The molecule has 1 aromatic carbocycles. The average Bonchev–Trinajstić information content (AvgIpc) is 2.61. The zero-order valence-electron chi connectivity index (χ0n) is 15.8. The molecule has 1 aromatic rings. The van der Waals surface area contributed by atoms with Gasteiger partial charge in [-0.05, 0) is 50.8 Å². The van der Waals surface area contributed by atoms with Gasteiger partial charge in [0.15, 0.2) is 0 Å². The number of hydrogen-bond donors (Lipinski definition) is 2. The molecule has 0 bridgehead atoms. The van der Waals surface area contributed by atoms with Gasteiger partial charge in [0, 0.05) is 5.56 Å². The van der Waals surface area contributed by atoms with Crippen molar-refractivity contribution in [3.63, 3.8) is 0 Å². The molecule has 2 N–H and O–H groups in total. The highest BCUT2D eigenvalue weighted by molar-refractivity contribution is 7.53. The van der Waals surface area contributed by atoms with E-state index in [1.54, 1.807) is 44.2 Å². The standard InChI is InChI=1S/C19H28NO6P/c1-4-7-8-9-17(19(22)23)20-18(21)16-12-10-15(11-13-16)14-27(24,25-5-2)26-6-3/h4,10-13,17H,1,5-9,14H2,2-3H3,(H,20,21)(H,22,23)/t17-/m1/s1. The van der Waals surface area contributed by atoms with Gasteiger partial charge in [-0.3, -0.25) is 9.36 Å². The number of carbonyl (C=O) groups excluding carboxylic acids is 1. The van der Waals surface area contributed by atoms with Crippen molar-refractivity contribution in [3.05, 3.63) is 48.0 Å². The second kappa shape index (κ2) is 11.7. The lowest BCUT2D eigenvalue weighted by Gasteiger charge is -2.17. The summed E-state index contributed by atoms with van der Waals surface area (Å²) in [4.78, 5) is 23.6. The number of nitrogens with one attached hydrogen (secondary N) is 1. The molecule has 0 aliphatic heterocycles. The van der Waals surface area contributed by atoms with E-state index in [2.05, 4.69) is 11.9 Å². The molecule has 0 saturated carbocycles. The van der Waals surface area contributed by atoms with Gasteiger partial charge in [0.1, 0.15) is 6.04 Å². The fraction of sp³-hybridized carbons (Fsp3) is 0.474. The number of carboxylic acid groups (broad SMARTS) is 1. The molecule has 150 valence electrons. The number of amides is 1. The molecule has 0 saturated heterocycles. The van der Waals surface area contributed by atoms with Crippen LogP contribution in [0.25, 0.3) is 0 Å². The fourth-order valence-electron chi connectivity index (χ4n) is 2.47. The number of carbonyl (C=O) groups is 2. The molecule has 0 spiro atoms. The molecule has 0 radical (unpaired) electrons. The first-order chi connectivity index (χ1) is 12.8. The average molecular weight is 397 g/mol. The highest BCUT2D eigenvalue weighted by Gasteiger charge is 2.24. The summed E-state index contributed by atoms with van der Waals surface area (Å²) in [5, 5.41) is 11.8. The van der Waals surface area contributed by atoms with Crippen LogP contribution in [0.15, 0.2) is 36.9 Å². The molecule has 0 unspecified atom stereocenters. The Labute approximate surface area is 160 Å². The zero-order chi connectivity index (χ0) is 20.3. The Bertz CT molecular complexity index is 663. The van der Waals surface area contributed by atoms with Crippen LogP contribution in [0.4, 0.5) is 0 Å². The summed E-state index contributed by atoms with van der Waals surface area (Å²) in [5.41, 5.74) is 1.04. The van der Waals surface area contributed by atoms with Gasteiger partial charge in [-0.1, -0.05) is 18.2 Å². The smallest absolute Gasteiger partial charge is 0.335 e. The first kappa shape index (κ1) is 23.1. The Morgan fingerprint density at radius 1 is 1.22 bits per heavy atom. The number of carboxylic acids is 1. The van der Waals surface area contributed by atoms with E-state index in [9.17, 15) is 19.3 Å². The molecule has 0 fully saturated rings.